The van der Waals surface area contributed by atoms with Gasteiger partial charge in [-0.2, -0.15) is 0 Å². The Bertz CT molecular complexity index is 1480. The molecule has 5 nitrogen and oxygen atoms in total. The molecule has 0 bridgehead atoms. The number of fused-ring (bicyclic) bond motifs is 3. The molecule has 1 atom stereocenters. The van der Waals surface area contributed by atoms with E-state index in [9.17, 15) is 4.79 Å². The number of anilines is 1. The summed E-state index contributed by atoms with van der Waals surface area (Å²) in [5.74, 6) is 1.23. The number of pyridine rings is 1. The Kier molecular flexibility index (Phi) is 7.25. The highest BCUT2D eigenvalue weighted by atomic mass is 35.5. The van der Waals surface area contributed by atoms with Crippen LogP contribution >= 0.6 is 22.9 Å². The number of hydrogen-bond donors (Lipinski definition) is 1. The number of thiophene rings is 1. The van der Waals surface area contributed by atoms with Crippen LogP contribution in [0.15, 0.2) is 72.2 Å². The van der Waals surface area contributed by atoms with Crippen LogP contribution in [-0.4, -0.2) is 30.2 Å². The maximum atomic E-state index is 13.2. The average molecular weight is 561 g/mol. The number of halogens is 1. The first kappa shape index (κ1) is 26.1. The molecule has 2 aliphatic rings. The van der Waals surface area contributed by atoms with Gasteiger partial charge in [-0.1, -0.05) is 41.9 Å². The van der Waals surface area contributed by atoms with E-state index in [0.29, 0.717) is 30.4 Å². The van der Waals surface area contributed by atoms with Crippen LogP contribution in [0.5, 0.6) is 5.75 Å². The second kappa shape index (κ2) is 10.8. The van der Waals surface area contributed by atoms with Crippen LogP contribution in [0.2, 0.25) is 5.02 Å². The van der Waals surface area contributed by atoms with Crippen molar-refractivity contribution in [2.24, 2.45) is 5.92 Å². The lowest BCUT2D eigenvalue weighted by Gasteiger charge is -2.47. The van der Waals surface area contributed by atoms with E-state index in [1.54, 1.807) is 11.3 Å². The van der Waals surface area contributed by atoms with Crippen molar-refractivity contribution in [2.75, 3.05) is 19.0 Å². The number of esters is 1. The maximum Gasteiger partial charge on any atom is 0.331 e. The predicted octanol–water partition coefficient (Wildman–Crippen LogP) is 7.82. The minimum Gasteiger partial charge on any atom is -0.492 e. The molecule has 0 saturated heterocycles. The third-order valence-electron chi connectivity index (χ3n) is 8.84. The van der Waals surface area contributed by atoms with Gasteiger partial charge in [-0.25, -0.2) is 4.79 Å². The Morgan fingerprint density at radius 3 is 2.77 bits per heavy atom. The van der Waals surface area contributed by atoms with E-state index in [0.717, 1.165) is 53.8 Å². The number of rotatable bonds is 8. The van der Waals surface area contributed by atoms with Gasteiger partial charge in [0.2, 0.25) is 0 Å². The largest absolute Gasteiger partial charge is 0.492 e. The van der Waals surface area contributed by atoms with Crippen LogP contribution < -0.4 is 10.1 Å². The highest BCUT2D eigenvalue weighted by molar-refractivity contribution is 7.17. The molecule has 0 unspecified atom stereocenters. The van der Waals surface area contributed by atoms with E-state index in [-0.39, 0.29) is 11.4 Å². The van der Waals surface area contributed by atoms with Gasteiger partial charge in [0.05, 0.1) is 23.9 Å². The zero-order valence-electron chi connectivity index (χ0n) is 22.1. The Labute approximate surface area is 238 Å². The Morgan fingerprint density at radius 2 is 1.95 bits per heavy atom. The number of nitrogens with zero attached hydrogens (tertiary/aromatic N) is 1. The number of methoxy groups -OCH3 is 1. The average Bonchev–Trinajstić information content (AvgIpc) is 3.56. The summed E-state index contributed by atoms with van der Waals surface area (Å²) in [5.41, 5.74) is 4.05. The lowest BCUT2D eigenvalue weighted by atomic mass is 9.60. The number of hydrogen-bond acceptors (Lipinski definition) is 6. The van der Waals surface area contributed by atoms with E-state index in [1.807, 2.05) is 42.6 Å². The molecule has 2 heterocycles. The van der Waals surface area contributed by atoms with Crippen molar-refractivity contribution in [3.63, 3.8) is 0 Å². The van der Waals surface area contributed by atoms with Gasteiger partial charge in [0.25, 0.3) is 0 Å². The first-order chi connectivity index (χ1) is 19.0. The molecule has 7 heteroatoms. The van der Waals surface area contributed by atoms with E-state index < -0.39 is 5.54 Å². The van der Waals surface area contributed by atoms with Crippen molar-refractivity contribution in [3.05, 3.63) is 88.4 Å². The number of carbonyl (C=O) groups excluding carboxylic acids is 1. The second-order valence-corrected chi connectivity index (χ2v) is 12.2. The summed E-state index contributed by atoms with van der Waals surface area (Å²) in [6.07, 6.45) is 8.24. The first-order valence-electron chi connectivity index (χ1n) is 13.7. The summed E-state index contributed by atoms with van der Waals surface area (Å²) in [6.45, 7) is 0.683. The van der Waals surface area contributed by atoms with Crippen molar-refractivity contribution in [3.8, 4) is 5.75 Å². The molecule has 2 aromatic heterocycles. The zero-order chi connectivity index (χ0) is 26.9. The third kappa shape index (κ3) is 4.89. The summed E-state index contributed by atoms with van der Waals surface area (Å²) in [6, 6.07) is 20.5. The van der Waals surface area contributed by atoms with Crippen molar-refractivity contribution in [2.45, 2.75) is 55.9 Å². The lowest BCUT2D eigenvalue weighted by Crippen LogP contribution is -2.53. The van der Waals surface area contributed by atoms with Gasteiger partial charge >= 0.3 is 5.97 Å². The van der Waals surface area contributed by atoms with Crippen LogP contribution in [0.1, 0.15) is 49.7 Å². The van der Waals surface area contributed by atoms with Gasteiger partial charge in [0.1, 0.15) is 11.3 Å². The molecule has 39 heavy (non-hydrogen) atoms. The molecular weight excluding hydrogens is 528 g/mol. The van der Waals surface area contributed by atoms with Gasteiger partial charge in [-0.3, -0.25) is 4.98 Å². The van der Waals surface area contributed by atoms with Crippen molar-refractivity contribution in [1.82, 2.24) is 4.98 Å². The van der Waals surface area contributed by atoms with Crippen LogP contribution in [-0.2, 0) is 21.4 Å². The fourth-order valence-corrected chi connectivity index (χ4v) is 7.94. The summed E-state index contributed by atoms with van der Waals surface area (Å²) in [4.78, 5) is 17.6. The number of nitrogens with one attached hydrogen (secondary N) is 1. The molecule has 2 aliphatic carbocycles. The SMILES string of the molecule is COC(=O)C1(Nc2cccc(Cl)c2)CCC2(CC1)c1ccccc1C[C@H]2CCCOc1ccnc2ccsc12. The summed E-state index contributed by atoms with van der Waals surface area (Å²) in [7, 11) is 1.48. The van der Waals surface area contributed by atoms with Gasteiger partial charge in [-0.05, 0) is 103 Å². The molecule has 0 radical (unpaired) electrons. The quantitative estimate of drug-likeness (QED) is 0.176. The molecule has 4 aromatic rings. The Balaban J connectivity index is 1.19. The third-order valence-corrected chi connectivity index (χ3v) is 10.00. The fourth-order valence-electron chi connectivity index (χ4n) is 6.94. The molecule has 1 spiro atoms. The highest BCUT2D eigenvalue weighted by Crippen LogP contribution is 2.55. The molecular formula is C32H33ClN2O3S. The Morgan fingerprint density at radius 1 is 1.10 bits per heavy atom. The summed E-state index contributed by atoms with van der Waals surface area (Å²) >= 11 is 7.92. The predicted molar refractivity (Wildman–Crippen MR) is 158 cm³/mol. The topological polar surface area (TPSA) is 60.5 Å². The molecule has 0 aliphatic heterocycles. The Hall–Kier alpha value is -3.09. The number of benzene rings is 2. The zero-order valence-corrected chi connectivity index (χ0v) is 23.7. The van der Waals surface area contributed by atoms with E-state index >= 15 is 0 Å². The van der Waals surface area contributed by atoms with Crippen LogP contribution in [0.3, 0.4) is 0 Å². The normalized spacial score (nSPS) is 24.0. The van der Waals surface area contributed by atoms with Crippen LogP contribution in [0.25, 0.3) is 10.2 Å². The number of carbonyl (C=O) groups is 1. The molecule has 1 N–H and O–H groups in total. The molecule has 6 rings (SSSR count). The van der Waals surface area contributed by atoms with Crippen LogP contribution in [0.4, 0.5) is 5.69 Å². The monoisotopic (exact) mass is 560 g/mol. The van der Waals surface area contributed by atoms with E-state index in [2.05, 4.69) is 39.9 Å². The molecule has 202 valence electrons. The van der Waals surface area contributed by atoms with Gasteiger partial charge in [0, 0.05) is 16.9 Å². The fraction of sp³-hybridized carbons (Fsp3) is 0.375. The standard InChI is InChI=1S/C32H33ClN2O3S/c1-37-30(36)32(35-25-9-4-8-24(33)21-25)15-13-31(14-16-32)23(20-22-6-2-3-10-26(22)31)7-5-18-38-28-11-17-34-27-12-19-39-29(27)28/h2-4,6,8-12,17,19,21,23,35H,5,7,13-16,18,20H2,1H3/t23-,31?,32?/m1/s1. The van der Waals surface area contributed by atoms with Gasteiger partial charge < -0.3 is 14.8 Å². The maximum absolute atomic E-state index is 13.2. The molecule has 2 aromatic carbocycles. The minimum absolute atomic E-state index is 0.0574. The van der Waals surface area contributed by atoms with E-state index in [1.165, 1.54) is 18.2 Å². The summed E-state index contributed by atoms with van der Waals surface area (Å²) < 4.78 is 12.7. The van der Waals surface area contributed by atoms with Crippen LogP contribution in [0, 0.1) is 5.92 Å². The van der Waals surface area contributed by atoms with Crippen molar-refractivity contribution < 1.29 is 14.3 Å². The molecule has 0 amide bonds. The van der Waals surface area contributed by atoms with Gasteiger partial charge in [0.15, 0.2) is 0 Å². The minimum atomic E-state index is -0.761. The molecule has 1 saturated carbocycles. The number of aromatic nitrogens is 1. The smallest absolute Gasteiger partial charge is 0.331 e. The lowest BCUT2D eigenvalue weighted by molar-refractivity contribution is -0.148. The first-order valence-corrected chi connectivity index (χ1v) is 14.9. The summed E-state index contributed by atoms with van der Waals surface area (Å²) in [5, 5.41) is 6.23. The molecule has 1 fully saturated rings. The highest BCUT2D eigenvalue weighted by Gasteiger charge is 2.54. The van der Waals surface area contributed by atoms with Gasteiger partial charge in [-0.15, -0.1) is 11.3 Å². The van der Waals surface area contributed by atoms with E-state index in [4.69, 9.17) is 21.1 Å². The second-order valence-electron chi connectivity index (χ2n) is 10.9. The van der Waals surface area contributed by atoms with Crippen molar-refractivity contribution >= 4 is 44.8 Å². The van der Waals surface area contributed by atoms with Crippen molar-refractivity contribution in [1.29, 1.82) is 0 Å². The number of ether oxygens (including phenoxy) is 2.